The Hall–Kier alpha value is -2.69. The number of hydrogen-bond acceptors (Lipinski definition) is 4. The van der Waals surface area contributed by atoms with Gasteiger partial charge in [-0.1, -0.05) is 37.1 Å². The van der Waals surface area contributed by atoms with Crippen LogP contribution in [0.5, 0.6) is 17.2 Å². The quantitative estimate of drug-likeness (QED) is 0.885. The summed E-state index contributed by atoms with van der Waals surface area (Å²) >= 11 is 0. The Labute approximate surface area is 165 Å². The summed E-state index contributed by atoms with van der Waals surface area (Å²) in [4.78, 5) is 13.2. The average Bonchev–Trinajstić information content (AvgIpc) is 3.22. The fraction of sp³-hybridized carbons (Fsp3) is 0.435. The lowest BCUT2D eigenvalue weighted by atomic mass is 9.86. The number of hydrogen-bond donors (Lipinski definition) is 1. The van der Waals surface area contributed by atoms with Crippen molar-refractivity contribution in [3.8, 4) is 17.2 Å². The second kappa shape index (κ2) is 7.04. The van der Waals surface area contributed by atoms with Gasteiger partial charge < -0.3 is 19.5 Å². The molecule has 0 spiro atoms. The standard InChI is InChI=1S/C23H25NO4/c25-22(17-13-16-5-1-2-6-19(16)28-15-17)24-23(9-3-4-10-23)18-7-8-20-21(14-18)27-12-11-26-20/h1-2,5-8,14,17H,3-4,9-13,15H2,(H,24,25). The first kappa shape index (κ1) is 17.4. The monoisotopic (exact) mass is 379 g/mol. The van der Waals surface area contributed by atoms with E-state index in [0.29, 0.717) is 19.8 Å². The summed E-state index contributed by atoms with van der Waals surface area (Å²) in [6.45, 7) is 1.58. The molecule has 5 rings (SSSR count). The van der Waals surface area contributed by atoms with Gasteiger partial charge in [0.15, 0.2) is 11.5 Å². The Bertz CT molecular complexity index is 888. The molecule has 1 unspecified atom stereocenters. The van der Waals surface area contributed by atoms with Crippen molar-refractivity contribution in [2.24, 2.45) is 5.92 Å². The van der Waals surface area contributed by atoms with Crippen molar-refractivity contribution in [3.63, 3.8) is 0 Å². The molecular weight excluding hydrogens is 354 g/mol. The fourth-order valence-corrected chi connectivity index (χ4v) is 4.64. The van der Waals surface area contributed by atoms with Gasteiger partial charge in [0.2, 0.25) is 5.91 Å². The van der Waals surface area contributed by atoms with Gasteiger partial charge in [0.1, 0.15) is 25.6 Å². The van der Waals surface area contributed by atoms with Crippen molar-refractivity contribution in [2.75, 3.05) is 19.8 Å². The fourth-order valence-electron chi connectivity index (χ4n) is 4.64. The average molecular weight is 379 g/mol. The van der Waals surface area contributed by atoms with E-state index in [0.717, 1.165) is 60.5 Å². The van der Waals surface area contributed by atoms with Crippen molar-refractivity contribution in [1.29, 1.82) is 0 Å². The lowest BCUT2D eigenvalue weighted by molar-refractivity contribution is -0.128. The molecule has 0 radical (unpaired) electrons. The highest BCUT2D eigenvalue weighted by Crippen LogP contribution is 2.43. The minimum absolute atomic E-state index is 0.0753. The van der Waals surface area contributed by atoms with Crippen LogP contribution in [0.25, 0.3) is 0 Å². The molecule has 2 aromatic rings. The number of carbonyl (C=O) groups excluding carboxylic acids is 1. The van der Waals surface area contributed by atoms with Crippen LogP contribution in [0.3, 0.4) is 0 Å². The molecule has 2 heterocycles. The smallest absolute Gasteiger partial charge is 0.227 e. The van der Waals surface area contributed by atoms with Crippen LogP contribution in [-0.2, 0) is 16.8 Å². The van der Waals surface area contributed by atoms with Gasteiger partial charge in [-0.15, -0.1) is 0 Å². The predicted octanol–water partition coefficient (Wildman–Crippen LogP) is 3.59. The first-order valence-electron chi connectivity index (χ1n) is 10.2. The molecule has 0 bridgehead atoms. The van der Waals surface area contributed by atoms with Crippen LogP contribution in [0.4, 0.5) is 0 Å². The predicted molar refractivity (Wildman–Crippen MR) is 105 cm³/mol. The molecule has 2 aliphatic heterocycles. The van der Waals surface area contributed by atoms with Gasteiger partial charge in [-0.25, -0.2) is 0 Å². The number of amides is 1. The number of ether oxygens (including phenoxy) is 3. The number of benzene rings is 2. The van der Waals surface area contributed by atoms with Crippen LogP contribution in [0, 0.1) is 5.92 Å². The Kier molecular flexibility index (Phi) is 4.38. The van der Waals surface area contributed by atoms with Crippen LogP contribution < -0.4 is 19.5 Å². The highest BCUT2D eigenvalue weighted by molar-refractivity contribution is 5.80. The zero-order chi connectivity index (χ0) is 19.0. The van der Waals surface area contributed by atoms with E-state index in [1.807, 2.05) is 36.4 Å². The van der Waals surface area contributed by atoms with Crippen molar-refractivity contribution in [1.82, 2.24) is 5.32 Å². The summed E-state index contributed by atoms with van der Waals surface area (Å²) < 4.78 is 17.3. The van der Waals surface area contributed by atoms with Gasteiger partial charge in [0.25, 0.3) is 0 Å². The lowest BCUT2D eigenvalue weighted by Crippen LogP contribution is -2.48. The molecule has 0 saturated heterocycles. The van der Waals surface area contributed by atoms with E-state index in [2.05, 4.69) is 11.4 Å². The molecule has 1 N–H and O–H groups in total. The highest BCUT2D eigenvalue weighted by atomic mass is 16.6. The van der Waals surface area contributed by atoms with Crippen LogP contribution in [0.1, 0.15) is 36.8 Å². The molecule has 0 aromatic heterocycles. The SMILES string of the molecule is O=C(NC1(c2ccc3c(c2)OCCO3)CCCC1)C1COc2ccccc2C1. The largest absolute Gasteiger partial charge is 0.492 e. The summed E-state index contributed by atoms with van der Waals surface area (Å²) in [6.07, 6.45) is 4.84. The summed E-state index contributed by atoms with van der Waals surface area (Å²) in [6, 6.07) is 14.1. The number of rotatable bonds is 3. The molecule has 1 amide bonds. The minimum Gasteiger partial charge on any atom is -0.492 e. The maximum absolute atomic E-state index is 13.2. The first-order valence-corrected chi connectivity index (χ1v) is 10.2. The first-order chi connectivity index (χ1) is 13.7. The zero-order valence-corrected chi connectivity index (χ0v) is 15.9. The van der Waals surface area contributed by atoms with E-state index in [9.17, 15) is 4.79 Å². The number of para-hydroxylation sites is 1. The van der Waals surface area contributed by atoms with E-state index in [1.54, 1.807) is 0 Å². The van der Waals surface area contributed by atoms with Crippen LogP contribution >= 0.6 is 0 Å². The van der Waals surface area contributed by atoms with E-state index < -0.39 is 0 Å². The molecule has 1 atom stereocenters. The van der Waals surface area contributed by atoms with Crippen molar-refractivity contribution >= 4 is 5.91 Å². The summed E-state index contributed by atoms with van der Waals surface area (Å²) in [5, 5.41) is 3.40. The summed E-state index contributed by atoms with van der Waals surface area (Å²) in [7, 11) is 0. The third kappa shape index (κ3) is 3.09. The van der Waals surface area contributed by atoms with Gasteiger partial charge in [0.05, 0.1) is 11.5 Å². The van der Waals surface area contributed by atoms with Crippen molar-refractivity contribution < 1.29 is 19.0 Å². The van der Waals surface area contributed by atoms with Crippen LogP contribution in [-0.4, -0.2) is 25.7 Å². The zero-order valence-electron chi connectivity index (χ0n) is 15.9. The maximum atomic E-state index is 13.2. The second-order valence-corrected chi connectivity index (χ2v) is 7.96. The maximum Gasteiger partial charge on any atom is 0.227 e. The Morgan fingerprint density at radius 3 is 2.57 bits per heavy atom. The normalized spacial score (nSPS) is 22.1. The van der Waals surface area contributed by atoms with Crippen LogP contribution in [0.15, 0.2) is 42.5 Å². The summed E-state index contributed by atoms with van der Waals surface area (Å²) in [5.74, 6) is 2.37. The van der Waals surface area contributed by atoms with Gasteiger partial charge in [-0.2, -0.15) is 0 Å². The second-order valence-electron chi connectivity index (χ2n) is 7.96. The van der Waals surface area contributed by atoms with Gasteiger partial charge in [-0.05, 0) is 48.6 Å². The summed E-state index contributed by atoms with van der Waals surface area (Å²) in [5.41, 5.74) is 1.89. The molecule has 146 valence electrons. The van der Waals surface area contributed by atoms with E-state index in [1.165, 1.54) is 0 Å². The molecule has 5 nitrogen and oxygen atoms in total. The Morgan fingerprint density at radius 1 is 0.929 bits per heavy atom. The molecule has 3 aliphatic rings. The van der Waals surface area contributed by atoms with E-state index in [4.69, 9.17) is 14.2 Å². The van der Waals surface area contributed by atoms with Crippen LogP contribution in [0.2, 0.25) is 0 Å². The molecule has 2 aromatic carbocycles. The lowest BCUT2D eigenvalue weighted by Gasteiger charge is -2.34. The third-order valence-electron chi connectivity index (χ3n) is 6.16. The van der Waals surface area contributed by atoms with E-state index in [-0.39, 0.29) is 17.4 Å². The number of carbonyl (C=O) groups is 1. The molecule has 1 aliphatic carbocycles. The number of nitrogens with one attached hydrogen (secondary N) is 1. The minimum atomic E-state index is -0.329. The van der Waals surface area contributed by atoms with Crippen molar-refractivity contribution in [2.45, 2.75) is 37.6 Å². The molecule has 28 heavy (non-hydrogen) atoms. The third-order valence-corrected chi connectivity index (χ3v) is 6.16. The Balaban J connectivity index is 1.38. The Morgan fingerprint density at radius 2 is 1.71 bits per heavy atom. The molecule has 5 heteroatoms. The molecule has 1 fully saturated rings. The molecular formula is C23H25NO4. The van der Waals surface area contributed by atoms with Gasteiger partial charge in [0, 0.05) is 0 Å². The molecule has 1 saturated carbocycles. The van der Waals surface area contributed by atoms with Gasteiger partial charge >= 0.3 is 0 Å². The highest BCUT2D eigenvalue weighted by Gasteiger charge is 2.40. The topological polar surface area (TPSA) is 56.8 Å². The number of fused-ring (bicyclic) bond motifs is 2. The van der Waals surface area contributed by atoms with Crippen molar-refractivity contribution in [3.05, 3.63) is 53.6 Å². The van der Waals surface area contributed by atoms with E-state index >= 15 is 0 Å². The van der Waals surface area contributed by atoms with Gasteiger partial charge in [-0.3, -0.25) is 4.79 Å².